The van der Waals surface area contributed by atoms with Crippen molar-refractivity contribution in [1.29, 1.82) is 0 Å². The second kappa shape index (κ2) is 5.61. The van der Waals surface area contributed by atoms with Gasteiger partial charge >= 0.3 is 0 Å². The average molecular weight is 380 g/mol. The molecule has 0 radical (unpaired) electrons. The summed E-state index contributed by atoms with van der Waals surface area (Å²) in [6.45, 7) is 0. The van der Waals surface area contributed by atoms with Crippen LogP contribution in [0.4, 0.5) is 4.39 Å². The van der Waals surface area contributed by atoms with Crippen molar-refractivity contribution in [1.82, 2.24) is 0 Å². The van der Waals surface area contributed by atoms with Gasteiger partial charge < -0.3 is 5.11 Å². The van der Waals surface area contributed by atoms with Crippen LogP contribution in [0.1, 0.15) is 16.5 Å². The predicted molar refractivity (Wildman–Crippen MR) is 74.8 cm³/mol. The van der Waals surface area contributed by atoms with Crippen LogP contribution in [0.15, 0.2) is 38.6 Å². The third-order valence-corrected chi connectivity index (χ3v) is 4.56. The fourth-order valence-electron chi connectivity index (χ4n) is 1.52. The van der Waals surface area contributed by atoms with E-state index in [1.54, 1.807) is 12.1 Å². The van der Waals surface area contributed by atoms with Crippen LogP contribution in [0.5, 0.6) is 0 Å². The maximum absolute atomic E-state index is 13.5. The van der Waals surface area contributed by atoms with Crippen molar-refractivity contribution in [2.75, 3.05) is 0 Å². The lowest BCUT2D eigenvalue weighted by molar-refractivity contribution is 0.181. The van der Waals surface area contributed by atoms with E-state index >= 15 is 0 Å². The number of benzene rings is 1. The highest BCUT2D eigenvalue weighted by molar-refractivity contribution is 9.11. The maximum atomic E-state index is 13.5. The Hall–Kier alpha value is -0.230. The molecule has 0 saturated heterocycles. The molecule has 1 unspecified atom stereocenters. The van der Waals surface area contributed by atoms with Gasteiger partial charge in [0.15, 0.2) is 0 Å². The summed E-state index contributed by atoms with van der Waals surface area (Å²) in [4.78, 5) is 0.830. The Bertz CT molecular complexity index is 527. The molecule has 1 aromatic heterocycles. The van der Waals surface area contributed by atoms with Gasteiger partial charge in [-0.15, -0.1) is 11.3 Å². The van der Waals surface area contributed by atoms with Crippen molar-refractivity contribution in [2.24, 2.45) is 0 Å². The second-order valence-corrected chi connectivity index (χ2v) is 7.01. The van der Waals surface area contributed by atoms with Crippen molar-refractivity contribution >= 4 is 43.2 Å². The second-order valence-electron chi connectivity index (χ2n) is 3.60. The van der Waals surface area contributed by atoms with E-state index in [0.717, 1.165) is 13.1 Å². The Morgan fingerprint density at radius 2 is 2.00 bits per heavy atom. The molecule has 1 heterocycles. The summed E-state index contributed by atoms with van der Waals surface area (Å²) in [6, 6.07) is 8.46. The SMILES string of the molecule is OC(Cc1cc(Br)ccc1F)c1ccc(Br)s1. The zero-order valence-corrected chi connectivity index (χ0v) is 12.6. The minimum atomic E-state index is -0.671. The highest BCUT2D eigenvalue weighted by Gasteiger charge is 2.13. The highest BCUT2D eigenvalue weighted by atomic mass is 79.9. The summed E-state index contributed by atoms with van der Waals surface area (Å²) in [6.07, 6.45) is -0.395. The quantitative estimate of drug-likeness (QED) is 0.820. The van der Waals surface area contributed by atoms with Gasteiger partial charge in [0.05, 0.1) is 9.89 Å². The highest BCUT2D eigenvalue weighted by Crippen LogP contribution is 2.30. The molecule has 0 bridgehead atoms. The molecule has 90 valence electrons. The van der Waals surface area contributed by atoms with Crippen LogP contribution in [0.3, 0.4) is 0 Å². The fourth-order valence-corrected chi connectivity index (χ4v) is 3.33. The lowest BCUT2D eigenvalue weighted by atomic mass is 10.1. The number of halogens is 3. The minimum absolute atomic E-state index is 0.276. The average Bonchev–Trinajstić information content (AvgIpc) is 2.70. The number of aliphatic hydroxyl groups excluding tert-OH is 1. The minimum Gasteiger partial charge on any atom is -0.387 e. The molecule has 1 nitrogen and oxygen atoms in total. The van der Waals surface area contributed by atoms with Crippen molar-refractivity contribution in [3.8, 4) is 0 Å². The van der Waals surface area contributed by atoms with E-state index in [9.17, 15) is 9.50 Å². The molecule has 5 heteroatoms. The topological polar surface area (TPSA) is 20.2 Å². The third kappa shape index (κ3) is 3.37. The molecule has 1 aromatic carbocycles. The van der Waals surface area contributed by atoms with Crippen LogP contribution >= 0.6 is 43.2 Å². The van der Waals surface area contributed by atoms with E-state index in [1.807, 2.05) is 12.1 Å². The smallest absolute Gasteiger partial charge is 0.126 e. The van der Waals surface area contributed by atoms with E-state index in [1.165, 1.54) is 17.4 Å². The fraction of sp³-hybridized carbons (Fsp3) is 0.167. The van der Waals surface area contributed by atoms with Gasteiger partial charge in [0.2, 0.25) is 0 Å². The Balaban J connectivity index is 2.18. The molecule has 0 aliphatic heterocycles. The summed E-state index contributed by atoms with van der Waals surface area (Å²) in [5.41, 5.74) is 0.511. The molecule has 1 N–H and O–H groups in total. The molecule has 0 aliphatic carbocycles. The number of rotatable bonds is 3. The van der Waals surface area contributed by atoms with E-state index in [4.69, 9.17) is 0 Å². The molecule has 0 saturated carbocycles. The third-order valence-electron chi connectivity index (χ3n) is 2.34. The van der Waals surface area contributed by atoms with Gasteiger partial charge in [-0.05, 0) is 51.8 Å². The number of aliphatic hydroxyl groups is 1. The molecule has 17 heavy (non-hydrogen) atoms. The first-order chi connectivity index (χ1) is 8.06. The van der Waals surface area contributed by atoms with Gasteiger partial charge in [0.25, 0.3) is 0 Å². The van der Waals surface area contributed by atoms with E-state index in [2.05, 4.69) is 31.9 Å². The first-order valence-electron chi connectivity index (χ1n) is 4.93. The summed E-state index contributed by atoms with van der Waals surface area (Å²) in [5.74, 6) is -0.289. The van der Waals surface area contributed by atoms with Crippen molar-refractivity contribution in [2.45, 2.75) is 12.5 Å². The van der Waals surface area contributed by atoms with Gasteiger partial charge in [-0.2, -0.15) is 0 Å². The Labute approximate surface area is 120 Å². The zero-order chi connectivity index (χ0) is 12.4. The van der Waals surface area contributed by atoms with E-state index in [0.29, 0.717) is 5.56 Å². The largest absolute Gasteiger partial charge is 0.387 e. The van der Waals surface area contributed by atoms with E-state index in [-0.39, 0.29) is 12.2 Å². The molecule has 0 amide bonds. The lowest BCUT2D eigenvalue weighted by Crippen LogP contribution is -2.01. The van der Waals surface area contributed by atoms with Gasteiger partial charge in [-0.25, -0.2) is 4.39 Å². The predicted octanol–water partition coefficient (Wildman–Crippen LogP) is 4.69. The summed E-state index contributed by atoms with van der Waals surface area (Å²) in [5, 5.41) is 10.0. The monoisotopic (exact) mass is 378 g/mol. The molecular formula is C12H9Br2FOS. The van der Waals surface area contributed by atoms with E-state index < -0.39 is 6.10 Å². The molecular weight excluding hydrogens is 371 g/mol. The normalized spacial score (nSPS) is 12.7. The molecule has 0 spiro atoms. The molecule has 2 aromatic rings. The lowest BCUT2D eigenvalue weighted by Gasteiger charge is -2.09. The first-order valence-corrected chi connectivity index (χ1v) is 7.34. The Morgan fingerprint density at radius 1 is 1.24 bits per heavy atom. The van der Waals surface area contributed by atoms with Gasteiger partial charge in [0.1, 0.15) is 5.82 Å². The number of hydrogen-bond acceptors (Lipinski definition) is 2. The van der Waals surface area contributed by atoms with Gasteiger partial charge in [-0.3, -0.25) is 0 Å². The van der Waals surface area contributed by atoms with Crippen LogP contribution in [-0.2, 0) is 6.42 Å². The summed E-state index contributed by atoms with van der Waals surface area (Å²) < 4.78 is 15.3. The molecule has 2 rings (SSSR count). The molecule has 0 aliphatic rings. The van der Waals surface area contributed by atoms with Crippen molar-refractivity contribution in [3.63, 3.8) is 0 Å². The number of hydrogen-bond donors (Lipinski definition) is 1. The van der Waals surface area contributed by atoms with Crippen molar-refractivity contribution < 1.29 is 9.50 Å². The Kier molecular flexibility index (Phi) is 4.36. The van der Waals surface area contributed by atoms with Gasteiger partial charge in [-0.1, -0.05) is 15.9 Å². The number of thiophene rings is 1. The first kappa shape index (κ1) is 13.2. The standard InChI is InChI=1S/C12H9Br2FOS/c13-8-1-2-9(15)7(5-8)6-10(16)11-3-4-12(14)17-11/h1-5,10,16H,6H2. The molecule has 0 fully saturated rings. The Morgan fingerprint density at radius 3 is 2.65 bits per heavy atom. The molecule has 1 atom stereocenters. The maximum Gasteiger partial charge on any atom is 0.126 e. The van der Waals surface area contributed by atoms with Crippen LogP contribution in [-0.4, -0.2) is 5.11 Å². The summed E-state index contributed by atoms with van der Waals surface area (Å²) in [7, 11) is 0. The van der Waals surface area contributed by atoms with Crippen LogP contribution < -0.4 is 0 Å². The van der Waals surface area contributed by atoms with Gasteiger partial charge in [0, 0.05) is 15.8 Å². The summed E-state index contributed by atoms with van der Waals surface area (Å²) >= 11 is 8.09. The van der Waals surface area contributed by atoms with Crippen LogP contribution in [0.25, 0.3) is 0 Å². The van der Waals surface area contributed by atoms with Crippen LogP contribution in [0, 0.1) is 5.82 Å². The van der Waals surface area contributed by atoms with Crippen LogP contribution in [0.2, 0.25) is 0 Å². The zero-order valence-electron chi connectivity index (χ0n) is 8.66. The van der Waals surface area contributed by atoms with Crippen molar-refractivity contribution in [3.05, 3.63) is 54.8 Å².